The predicted molar refractivity (Wildman–Crippen MR) is 102 cm³/mol. The maximum atomic E-state index is 11.8. The van der Waals surface area contributed by atoms with E-state index in [1.807, 2.05) is 5.38 Å². The fourth-order valence-corrected chi connectivity index (χ4v) is 4.72. The van der Waals surface area contributed by atoms with E-state index < -0.39 is 20.4 Å². The molecular formula is C16H20N4O4S2. The summed E-state index contributed by atoms with van der Waals surface area (Å²) in [4.78, 5) is 17.3. The van der Waals surface area contributed by atoms with Crippen molar-refractivity contribution in [2.75, 3.05) is 36.1 Å². The molecule has 26 heavy (non-hydrogen) atoms. The number of hydrogen-bond acceptors (Lipinski definition) is 8. The van der Waals surface area contributed by atoms with Crippen molar-refractivity contribution in [1.82, 2.24) is 4.98 Å². The summed E-state index contributed by atoms with van der Waals surface area (Å²) in [6.45, 7) is 2.50. The molecule has 0 atom stereocenters. The largest absolute Gasteiger partial charge is 0.379 e. The van der Waals surface area contributed by atoms with E-state index >= 15 is 0 Å². The Balaban J connectivity index is 1.69. The Bertz CT molecular complexity index is 905. The molecule has 0 spiro atoms. The van der Waals surface area contributed by atoms with E-state index in [4.69, 9.17) is 0 Å². The molecular weight excluding hydrogens is 376 g/mol. The zero-order chi connectivity index (χ0) is 18.7. The summed E-state index contributed by atoms with van der Waals surface area (Å²) < 4.78 is 23.6. The smallest absolute Gasteiger partial charge is 0.310 e. The zero-order valence-electron chi connectivity index (χ0n) is 14.3. The van der Waals surface area contributed by atoms with Gasteiger partial charge in [-0.1, -0.05) is 6.07 Å². The number of anilines is 2. The zero-order valence-corrected chi connectivity index (χ0v) is 16.0. The second kappa shape index (κ2) is 7.58. The van der Waals surface area contributed by atoms with Crippen LogP contribution in [-0.2, 0) is 16.3 Å². The predicted octanol–water partition coefficient (Wildman–Crippen LogP) is 2.71. The molecule has 1 saturated heterocycles. The Morgan fingerprint density at radius 1 is 1.35 bits per heavy atom. The van der Waals surface area contributed by atoms with Crippen LogP contribution in [0, 0.1) is 10.1 Å². The second-order valence-electron chi connectivity index (χ2n) is 6.17. The number of benzene rings is 1. The maximum Gasteiger partial charge on any atom is 0.310 e. The van der Waals surface area contributed by atoms with Crippen LogP contribution in [0.1, 0.15) is 18.5 Å². The molecule has 0 amide bonds. The van der Waals surface area contributed by atoms with E-state index in [2.05, 4.69) is 15.2 Å². The topological polar surface area (TPSA) is 105 Å². The standard InChI is InChI=1S/C16H20N4O4S2/c1-26(23,24)14-6-4-5-13(15(14)20(21)22)17-8-7-12-11-25-16(18-12)19-9-2-3-10-19/h4-6,11,17H,2-3,7-10H2,1H3. The number of thiazole rings is 1. The van der Waals surface area contributed by atoms with Crippen molar-refractivity contribution >= 4 is 37.7 Å². The molecule has 1 aromatic carbocycles. The van der Waals surface area contributed by atoms with Crippen molar-refractivity contribution in [2.45, 2.75) is 24.2 Å². The molecule has 0 aliphatic carbocycles. The molecule has 1 aromatic heterocycles. The van der Waals surface area contributed by atoms with E-state index in [9.17, 15) is 18.5 Å². The molecule has 1 aliphatic heterocycles. The van der Waals surface area contributed by atoms with Gasteiger partial charge in [0, 0.05) is 37.7 Å². The third-order valence-electron chi connectivity index (χ3n) is 4.19. The van der Waals surface area contributed by atoms with Gasteiger partial charge in [0.1, 0.15) is 10.6 Å². The van der Waals surface area contributed by atoms with Gasteiger partial charge in [-0.05, 0) is 25.0 Å². The van der Waals surface area contributed by atoms with Crippen molar-refractivity contribution in [3.05, 3.63) is 39.4 Å². The Labute approximate surface area is 155 Å². The van der Waals surface area contributed by atoms with Crippen LogP contribution in [0.15, 0.2) is 28.5 Å². The lowest BCUT2D eigenvalue weighted by molar-refractivity contribution is -0.386. The molecule has 1 fully saturated rings. The van der Waals surface area contributed by atoms with Gasteiger partial charge in [-0.3, -0.25) is 10.1 Å². The van der Waals surface area contributed by atoms with E-state index in [1.54, 1.807) is 11.3 Å². The van der Waals surface area contributed by atoms with Gasteiger partial charge < -0.3 is 10.2 Å². The first kappa shape index (κ1) is 18.6. The van der Waals surface area contributed by atoms with Crippen LogP contribution in [-0.4, -0.2) is 44.2 Å². The first-order valence-corrected chi connectivity index (χ1v) is 11.0. The van der Waals surface area contributed by atoms with Crippen molar-refractivity contribution in [1.29, 1.82) is 0 Å². The highest BCUT2D eigenvalue weighted by Crippen LogP contribution is 2.32. The van der Waals surface area contributed by atoms with E-state index in [0.29, 0.717) is 13.0 Å². The Kier molecular flexibility index (Phi) is 5.42. The molecule has 140 valence electrons. The third kappa shape index (κ3) is 4.13. The summed E-state index contributed by atoms with van der Waals surface area (Å²) in [5.74, 6) is 0. The minimum atomic E-state index is -3.68. The number of aromatic nitrogens is 1. The van der Waals surface area contributed by atoms with Crippen LogP contribution in [0.4, 0.5) is 16.5 Å². The van der Waals surface area contributed by atoms with Gasteiger partial charge in [0.25, 0.3) is 0 Å². The number of para-hydroxylation sites is 1. The lowest BCUT2D eigenvalue weighted by Crippen LogP contribution is -2.17. The van der Waals surface area contributed by atoms with Gasteiger partial charge in [-0.2, -0.15) is 0 Å². The summed E-state index contributed by atoms with van der Waals surface area (Å²) in [5, 5.41) is 17.3. The number of sulfone groups is 1. The molecule has 8 nitrogen and oxygen atoms in total. The third-order valence-corrected chi connectivity index (χ3v) is 6.27. The van der Waals surface area contributed by atoms with Gasteiger partial charge in [0.05, 0.1) is 10.6 Å². The number of hydrogen-bond donors (Lipinski definition) is 1. The van der Waals surface area contributed by atoms with Gasteiger partial charge in [-0.25, -0.2) is 13.4 Å². The molecule has 1 N–H and O–H groups in total. The van der Waals surface area contributed by atoms with Gasteiger partial charge in [0.2, 0.25) is 0 Å². The van der Waals surface area contributed by atoms with Crippen molar-refractivity contribution < 1.29 is 13.3 Å². The number of nitrogens with zero attached hydrogens (tertiary/aromatic N) is 3. The van der Waals surface area contributed by atoms with Crippen LogP contribution in [0.5, 0.6) is 0 Å². The fraction of sp³-hybridized carbons (Fsp3) is 0.438. The van der Waals surface area contributed by atoms with Crippen LogP contribution in [0.3, 0.4) is 0 Å². The number of nitro groups is 1. The molecule has 10 heteroatoms. The summed E-state index contributed by atoms with van der Waals surface area (Å²) in [7, 11) is -3.68. The quantitative estimate of drug-likeness (QED) is 0.566. The van der Waals surface area contributed by atoms with Crippen LogP contribution in [0.2, 0.25) is 0 Å². The lowest BCUT2D eigenvalue weighted by atomic mass is 10.2. The molecule has 1 aliphatic rings. The minimum absolute atomic E-state index is 0.202. The van der Waals surface area contributed by atoms with E-state index in [1.165, 1.54) is 31.0 Å². The summed E-state index contributed by atoms with van der Waals surface area (Å²) in [6, 6.07) is 4.27. The highest BCUT2D eigenvalue weighted by Gasteiger charge is 2.26. The van der Waals surface area contributed by atoms with Crippen molar-refractivity contribution in [3.63, 3.8) is 0 Å². The number of rotatable bonds is 7. The molecule has 0 bridgehead atoms. The Hall–Kier alpha value is -2.20. The van der Waals surface area contributed by atoms with E-state index in [0.717, 1.165) is 30.2 Å². The van der Waals surface area contributed by atoms with Gasteiger partial charge >= 0.3 is 5.69 Å². The van der Waals surface area contributed by atoms with Crippen molar-refractivity contribution in [2.24, 2.45) is 0 Å². The Morgan fingerprint density at radius 2 is 2.08 bits per heavy atom. The first-order valence-electron chi connectivity index (χ1n) is 8.27. The molecule has 0 saturated carbocycles. The normalized spacial score (nSPS) is 14.6. The van der Waals surface area contributed by atoms with Gasteiger partial charge in [0.15, 0.2) is 15.0 Å². The number of nitrogens with one attached hydrogen (secondary N) is 1. The van der Waals surface area contributed by atoms with Gasteiger partial charge in [-0.15, -0.1) is 11.3 Å². The number of nitro benzene ring substituents is 1. The average molecular weight is 396 g/mol. The SMILES string of the molecule is CS(=O)(=O)c1cccc(NCCc2csc(N3CCCC3)n2)c1[N+](=O)[O-]. The minimum Gasteiger partial charge on any atom is -0.379 e. The molecule has 0 radical (unpaired) electrons. The summed E-state index contributed by atoms with van der Waals surface area (Å²) >= 11 is 1.61. The van der Waals surface area contributed by atoms with E-state index in [-0.39, 0.29) is 10.6 Å². The summed E-state index contributed by atoms with van der Waals surface area (Å²) in [6.07, 6.45) is 3.95. The molecule has 2 heterocycles. The fourth-order valence-electron chi connectivity index (χ4n) is 2.94. The average Bonchev–Trinajstić information content (AvgIpc) is 3.25. The maximum absolute atomic E-state index is 11.8. The van der Waals surface area contributed by atoms with Crippen LogP contribution >= 0.6 is 11.3 Å². The highest BCUT2D eigenvalue weighted by molar-refractivity contribution is 7.90. The first-order chi connectivity index (χ1) is 12.4. The van der Waals surface area contributed by atoms with Crippen molar-refractivity contribution in [3.8, 4) is 0 Å². The van der Waals surface area contributed by atoms with Crippen LogP contribution < -0.4 is 10.2 Å². The Morgan fingerprint density at radius 3 is 2.73 bits per heavy atom. The molecule has 2 aromatic rings. The highest BCUT2D eigenvalue weighted by atomic mass is 32.2. The molecule has 3 rings (SSSR count). The monoisotopic (exact) mass is 396 g/mol. The second-order valence-corrected chi connectivity index (χ2v) is 8.99. The summed E-state index contributed by atoms with van der Waals surface area (Å²) in [5.41, 5.74) is 0.713. The molecule has 0 unspecified atom stereocenters. The van der Waals surface area contributed by atoms with Crippen LogP contribution in [0.25, 0.3) is 0 Å². The lowest BCUT2D eigenvalue weighted by Gasteiger charge is -2.12.